The summed E-state index contributed by atoms with van der Waals surface area (Å²) in [5.41, 5.74) is 3.59. The molecule has 3 rings (SSSR count). The molecule has 6 heteroatoms. The van der Waals surface area contributed by atoms with Crippen LogP contribution in [0.2, 0.25) is 0 Å². The first-order valence-electron chi connectivity index (χ1n) is 9.27. The Balaban J connectivity index is 1.55. The van der Waals surface area contributed by atoms with Crippen LogP contribution in [0.5, 0.6) is 0 Å². The van der Waals surface area contributed by atoms with E-state index < -0.39 is 9.84 Å². The molecule has 1 aliphatic rings. The zero-order valence-electron chi connectivity index (χ0n) is 15.7. The SMILES string of the molecule is CC(NC(=O)NCC1CCCc2ccccc21)c1ccc(S(C)(=O)=O)cc1. The monoisotopic (exact) mass is 386 g/mol. The summed E-state index contributed by atoms with van der Waals surface area (Å²) in [7, 11) is -3.21. The lowest BCUT2D eigenvalue weighted by atomic mass is 9.83. The lowest BCUT2D eigenvalue weighted by Gasteiger charge is -2.26. The molecule has 5 nitrogen and oxygen atoms in total. The molecule has 0 aliphatic heterocycles. The van der Waals surface area contributed by atoms with Gasteiger partial charge >= 0.3 is 6.03 Å². The standard InChI is InChI=1S/C21H26N2O3S/c1-15(16-10-12-19(13-11-16)27(2,25)26)23-21(24)22-14-18-8-5-7-17-6-3-4-9-20(17)18/h3-4,6,9-13,15,18H,5,7-8,14H2,1-2H3,(H2,22,23,24). The summed E-state index contributed by atoms with van der Waals surface area (Å²) in [5.74, 6) is 0.352. The van der Waals surface area contributed by atoms with Gasteiger partial charge in [0, 0.05) is 18.7 Å². The van der Waals surface area contributed by atoms with Crippen molar-refractivity contribution in [3.63, 3.8) is 0 Å². The van der Waals surface area contributed by atoms with Crippen LogP contribution in [0.3, 0.4) is 0 Å². The quantitative estimate of drug-likeness (QED) is 0.825. The fraction of sp³-hybridized carbons (Fsp3) is 0.381. The summed E-state index contributed by atoms with van der Waals surface area (Å²) >= 11 is 0. The lowest BCUT2D eigenvalue weighted by molar-refractivity contribution is 0.237. The second kappa shape index (κ2) is 8.13. The topological polar surface area (TPSA) is 75.3 Å². The summed E-state index contributed by atoms with van der Waals surface area (Å²) in [5, 5.41) is 5.90. The molecule has 2 atom stereocenters. The average Bonchev–Trinajstić information content (AvgIpc) is 2.65. The number of hydrogen-bond donors (Lipinski definition) is 2. The van der Waals surface area contributed by atoms with Crippen LogP contribution in [0.15, 0.2) is 53.4 Å². The third-order valence-electron chi connectivity index (χ3n) is 5.16. The third-order valence-corrected chi connectivity index (χ3v) is 6.29. The summed E-state index contributed by atoms with van der Waals surface area (Å²) in [6, 6.07) is 14.6. The van der Waals surface area contributed by atoms with Crippen LogP contribution in [-0.4, -0.2) is 27.2 Å². The molecule has 0 saturated carbocycles. The Kier molecular flexibility index (Phi) is 5.85. The molecule has 144 valence electrons. The van der Waals surface area contributed by atoms with Gasteiger partial charge in [0.2, 0.25) is 0 Å². The van der Waals surface area contributed by atoms with Crippen LogP contribution in [0.4, 0.5) is 4.79 Å². The minimum atomic E-state index is -3.21. The Labute approximate surface area is 161 Å². The van der Waals surface area contributed by atoms with Crippen molar-refractivity contribution >= 4 is 15.9 Å². The second-order valence-corrected chi connectivity index (χ2v) is 9.22. The molecule has 1 aliphatic carbocycles. The van der Waals surface area contributed by atoms with E-state index in [-0.39, 0.29) is 17.0 Å². The minimum absolute atomic E-state index is 0.210. The van der Waals surface area contributed by atoms with E-state index in [2.05, 4.69) is 34.9 Å². The fourth-order valence-corrected chi connectivity index (χ4v) is 4.25. The number of benzene rings is 2. The molecule has 0 saturated heterocycles. The van der Waals surface area contributed by atoms with Crippen molar-refractivity contribution in [3.05, 3.63) is 65.2 Å². The van der Waals surface area contributed by atoms with Crippen molar-refractivity contribution in [2.75, 3.05) is 12.8 Å². The zero-order chi connectivity index (χ0) is 19.4. The molecule has 0 aromatic heterocycles. The molecule has 2 N–H and O–H groups in total. The molecular weight excluding hydrogens is 360 g/mol. The van der Waals surface area contributed by atoms with E-state index in [1.54, 1.807) is 24.3 Å². The number of aryl methyl sites for hydroxylation is 1. The van der Waals surface area contributed by atoms with Gasteiger partial charge in [0.05, 0.1) is 10.9 Å². The van der Waals surface area contributed by atoms with Gasteiger partial charge in [-0.1, -0.05) is 36.4 Å². The van der Waals surface area contributed by atoms with E-state index in [0.717, 1.165) is 24.8 Å². The Morgan fingerprint density at radius 2 is 1.85 bits per heavy atom. The molecule has 2 amide bonds. The fourth-order valence-electron chi connectivity index (χ4n) is 3.62. The summed E-state index contributed by atoms with van der Waals surface area (Å²) in [6.07, 6.45) is 4.52. The number of rotatable bonds is 5. The number of amides is 2. The molecule has 0 heterocycles. The van der Waals surface area contributed by atoms with Gasteiger partial charge in [0.15, 0.2) is 9.84 Å². The summed E-state index contributed by atoms with van der Waals surface area (Å²) in [4.78, 5) is 12.6. The first-order chi connectivity index (χ1) is 12.8. The first-order valence-corrected chi connectivity index (χ1v) is 11.2. The minimum Gasteiger partial charge on any atom is -0.338 e. The van der Waals surface area contributed by atoms with Crippen molar-refractivity contribution in [1.82, 2.24) is 10.6 Å². The van der Waals surface area contributed by atoms with Gasteiger partial charge < -0.3 is 10.6 Å². The highest BCUT2D eigenvalue weighted by Crippen LogP contribution is 2.30. The van der Waals surface area contributed by atoms with Gasteiger partial charge in [0.1, 0.15) is 0 Å². The second-order valence-electron chi connectivity index (χ2n) is 7.21. The average molecular weight is 387 g/mol. The van der Waals surface area contributed by atoms with Crippen LogP contribution in [0, 0.1) is 0 Å². The van der Waals surface area contributed by atoms with E-state index in [9.17, 15) is 13.2 Å². The number of nitrogens with one attached hydrogen (secondary N) is 2. The molecule has 2 unspecified atom stereocenters. The van der Waals surface area contributed by atoms with Crippen LogP contribution in [0.25, 0.3) is 0 Å². The number of fused-ring (bicyclic) bond motifs is 1. The Morgan fingerprint density at radius 3 is 2.56 bits per heavy atom. The largest absolute Gasteiger partial charge is 0.338 e. The molecule has 27 heavy (non-hydrogen) atoms. The van der Waals surface area contributed by atoms with Crippen LogP contribution in [-0.2, 0) is 16.3 Å². The van der Waals surface area contributed by atoms with Crippen molar-refractivity contribution in [3.8, 4) is 0 Å². The van der Waals surface area contributed by atoms with E-state index in [0.29, 0.717) is 12.5 Å². The van der Waals surface area contributed by atoms with Gasteiger partial charge in [-0.3, -0.25) is 0 Å². The van der Waals surface area contributed by atoms with Crippen LogP contribution >= 0.6 is 0 Å². The van der Waals surface area contributed by atoms with E-state index in [1.165, 1.54) is 17.4 Å². The maximum Gasteiger partial charge on any atom is 0.315 e. The molecule has 0 bridgehead atoms. The zero-order valence-corrected chi connectivity index (χ0v) is 16.6. The molecular formula is C21H26N2O3S. The van der Waals surface area contributed by atoms with Crippen LogP contribution < -0.4 is 10.6 Å². The van der Waals surface area contributed by atoms with Crippen molar-refractivity contribution in [1.29, 1.82) is 0 Å². The molecule has 0 fully saturated rings. The van der Waals surface area contributed by atoms with E-state index in [1.807, 2.05) is 6.92 Å². The molecule has 2 aromatic rings. The number of carbonyl (C=O) groups excluding carboxylic acids is 1. The Morgan fingerprint density at radius 1 is 1.15 bits per heavy atom. The van der Waals surface area contributed by atoms with Crippen LogP contribution in [0.1, 0.15) is 48.4 Å². The maximum atomic E-state index is 12.3. The predicted molar refractivity (Wildman–Crippen MR) is 107 cm³/mol. The van der Waals surface area contributed by atoms with Gasteiger partial charge in [-0.05, 0) is 55.0 Å². The number of urea groups is 1. The highest BCUT2D eigenvalue weighted by molar-refractivity contribution is 7.90. The maximum absolute atomic E-state index is 12.3. The summed E-state index contributed by atoms with van der Waals surface area (Å²) in [6.45, 7) is 2.49. The number of hydrogen-bond acceptors (Lipinski definition) is 3. The van der Waals surface area contributed by atoms with Crippen molar-refractivity contribution < 1.29 is 13.2 Å². The molecule has 0 spiro atoms. The van der Waals surface area contributed by atoms with E-state index in [4.69, 9.17) is 0 Å². The normalized spacial score (nSPS) is 17.6. The number of carbonyl (C=O) groups is 1. The molecule has 2 aromatic carbocycles. The highest BCUT2D eigenvalue weighted by Gasteiger charge is 2.20. The highest BCUT2D eigenvalue weighted by atomic mass is 32.2. The van der Waals surface area contributed by atoms with Crippen molar-refractivity contribution in [2.24, 2.45) is 0 Å². The predicted octanol–water partition coefficient (Wildman–Crippen LogP) is 3.57. The van der Waals surface area contributed by atoms with Gasteiger partial charge in [0.25, 0.3) is 0 Å². The van der Waals surface area contributed by atoms with E-state index >= 15 is 0 Å². The summed E-state index contributed by atoms with van der Waals surface area (Å²) < 4.78 is 23.1. The first kappa shape index (κ1) is 19.4. The Bertz CT molecular complexity index is 907. The van der Waals surface area contributed by atoms with Gasteiger partial charge in [-0.25, -0.2) is 13.2 Å². The lowest BCUT2D eigenvalue weighted by Crippen LogP contribution is -2.39. The van der Waals surface area contributed by atoms with Crippen molar-refractivity contribution in [2.45, 2.75) is 43.0 Å². The third kappa shape index (κ3) is 4.89. The smallest absolute Gasteiger partial charge is 0.315 e. The van der Waals surface area contributed by atoms with Gasteiger partial charge in [-0.15, -0.1) is 0 Å². The number of sulfone groups is 1. The Hall–Kier alpha value is -2.34. The molecule has 0 radical (unpaired) electrons. The van der Waals surface area contributed by atoms with Gasteiger partial charge in [-0.2, -0.15) is 0 Å².